The number of hydrogen-bond acceptors (Lipinski definition) is 3. The van der Waals surface area contributed by atoms with Crippen LogP contribution < -0.4 is 0 Å². The molecule has 1 aliphatic rings. The largest absolute Gasteiger partial charge is 0.480 e. The molecule has 1 atom stereocenters. The summed E-state index contributed by atoms with van der Waals surface area (Å²) < 4.78 is 0. The second-order valence-corrected chi connectivity index (χ2v) is 4.37. The molecule has 1 heterocycles. The van der Waals surface area contributed by atoms with Crippen LogP contribution in [0.25, 0.3) is 0 Å². The molecule has 0 radical (unpaired) electrons. The van der Waals surface area contributed by atoms with Crippen LogP contribution in [0.15, 0.2) is 0 Å². The highest BCUT2D eigenvalue weighted by Crippen LogP contribution is 2.15. The fraction of sp³-hybridized carbons (Fsp3) is 0.833. The van der Waals surface area contributed by atoms with Crippen molar-refractivity contribution in [2.45, 2.75) is 39.2 Å². The highest BCUT2D eigenvalue weighted by molar-refractivity contribution is 5.84. The van der Waals surface area contributed by atoms with Gasteiger partial charge in [0.15, 0.2) is 0 Å². The molecule has 1 aliphatic heterocycles. The number of likely N-dealkylation sites (tertiary alicyclic amines) is 1. The Morgan fingerprint density at radius 3 is 2.18 bits per heavy atom. The lowest BCUT2D eigenvalue weighted by molar-refractivity contribution is -0.147. The third-order valence-electron chi connectivity index (χ3n) is 3.35. The number of nitrogens with zero attached hydrogens (tertiary/aromatic N) is 2. The summed E-state index contributed by atoms with van der Waals surface area (Å²) in [5.74, 6) is -0.943. The van der Waals surface area contributed by atoms with E-state index in [1.807, 2.05) is 18.7 Å². The van der Waals surface area contributed by atoms with E-state index in [0.29, 0.717) is 13.1 Å². The Morgan fingerprint density at radius 2 is 1.76 bits per heavy atom. The summed E-state index contributed by atoms with van der Waals surface area (Å²) in [6, 6.07) is -0.648. The maximum atomic E-state index is 11.9. The van der Waals surface area contributed by atoms with E-state index in [1.54, 1.807) is 4.90 Å². The van der Waals surface area contributed by atoms with Crippen LogP contribution in [0.5, 0.6) is 0 Å². The standard InChI is InChI=1S/C12H22N2O3/c1-3-13(4-2)11(15)9-10(12(16)17)14-7-5-6-8-14/h10H,3-9H2,1-2H3,(H,16,17). The normalized spacial score (nSPS) is 18.0. The molecule has 98 valence electrons. The molecule has 0 aromatic rings. The minimum absolute atomic E-state index is 0.0608. The molecule has 0 aliphatic carbocycles. The van der Waals surface area contributed by atoms with Gasteiger partial charge in [0.25, 0.3) is 0 Å². The quantitative estimate of drug-likeness (QED) is 0.748. The van der Waals surface area contributed by atoms with Gasteiger partial charge in [-0.2, -0.15) is 0 Å². The Morgan fingerprint density at radius 1 is 1.24 bits per heavy atom. The summed E-state index contributed by atoms with van der Waals surface area (Å²) in [6.07, 6.45) is 2.16. The lowest BCUT2D eigenvalue weighted by atomic mass is 10.1. The monoisotopic (exact) mass is 242 g/mol. The van der Waals surface area contributed by atoms with E-state index in [9.17, 15) is 14.7 Å². The number of aliphatic carboxylic acids is 1. The molecule has 5 heteroatoms. The van der Waals surface area contributed by atoms with Gasteiger partial charge in [-0.05, 0) is 39.8 Å². The van der Waals surface area contributed by atoms with Crippen molar-refractivity contribution in [2.24, 2.45) is 0 Å². The van der Waals surface area contributed by atoms with E-state index >= 15 is 0 Å². The Kier molecular flexibility index (Phi) is 5.41. The van der Waals surface area contributed by atoms with Crippen LogP contribution in [0.2, 0.25) is 0 Å². The number of amides is 1. The molecule has 0 bridgehead atoms. The van der Waals surface area contributed by atoms with E-state index < -0.39 is 12.0 Å². The maximum Gasteiger partial charge on any atom is 0.321 e. The first-order valence-corrected chi connectivity index (χ1v) is 6.34. The Balaban J connectivity index is 2.60. The molecule has 1 N–H and O–H groups in total. The fourth-order valence-electron chi connectivity index (χ4n) is 2.30. The van der Waals surface area contributed by atoms with E-state index in [-0.39, 0.29) is 12.3 Å². The summed E-state index contributed by atoms with van der Waals surface area (Å²) in [4.78, 5) is 26.7. The zero-order valence-electron chi connectivity index (χ0n) is 10.7. The van der Waals surface area contributed by atoms with Crippen molar-refractivity contribution < 1.29 is 14.7 Å². The van der Waals surface area contributed by atoms with Crippen molar-refractivity contribution in [3.05, 3.63) is 0 Å². The van der Waals surface area contributed by atoms with Crippen LogP contribution in [0, 0.1) is 0 Å². The molecule has 1 rings (SSSR count). The van der Waals surface area contributed by atoms with Crippen LogP contribution in [0.4, 0.5) is 0 Å². The predicted molar refractivity (Wildman–Crippen MR) is 64.8 cm³/mol. The number of rotatable bonds is 6. The van der Waals surface area contributed by atoms with Crippen molar-refractivity contribution in [3.8, 4) is 0 Å². The number of carbonyl (C=O) groups is 2. The lowest BCUT2D eigenvalue weighted by Crippen LogP contribution is -2.44. The van der Waals surface area contributed by atoms with Gasteiger partial charge in [-0.3, -0.25) is 14.5 Å². The first-order valence-electron chi connectivity index (χ1n) is 6.34. The zero-order chi connectivity index (χ0) is 12.8. The summed E-state index contributed by atoms with van der Waals surface area (Å²) in [6.45, 7) is 6.69. The molecule has 1 saturated heterocycles. The van der Waals surface area contributed by atoms with Crippen LogP contribution in [0.3, 0.4) is 0 Å². The van der Waals surface area contributed by atoms with Gasteiger partial charge in [-0.1, -0.05) is 0 Å². The molecule has 1 amide bonds. The molecule has 1 unspecified atom stereocenters. The summed E-state index contributed by atoms with van der Waals surface area (Å²) in [5, 5.41) is 9.20. The molecule has 5 nitrogen and oxygen atoms in total. The average molecular weight is 242 g/mol. The zero-order valence-corrected chi connectivity index (χ0v) is 10.7. The van der Waals surface area contributed by atoms with E-state index in [1.165, 1.54) is 0 Å². The Bertz CT molecular complexity index is 271. The number of carboxylic acids is 1. The van der Waals surface area contributed by atoms with E-state index in [0.717, 1.165) is 25.9 Å². The van der Waals surface area contributed by atoms with Gasteiger partial charge < -0.3 is 10.0 Å². The van der Waals surface area contributed by atoms with E-state index in [4.69, 9.17) is 0 Å². The highest BCUT2D eigenvalue weighted by Gasteiger charge is 2.30. The molecule has 0 aromatic carbocycles. The van der Waals surface area contributed by atoms with Crippen LogP contribution in [-0.2, 0) is 9.59 Å². The third kappa shape index (κ3) is 3.70. The molecule has 0 aromatic heterocycles. The smallest absolute Gasteiger partial charge is 0.321 e. The molecule has 1 fully saturated rings. The molecule has 17 heavy (non-hydrogen) atoms. The second kappa shape index (κ2) is 6.59. The van der Waals surface area contributed by atoms with Crippen LogP contribution >= 0.6 is 0 Å². The Labute approximate surface area is 102 Å². The summed E-state index contributed by atoms with van der Waals surface area (Å²) >= 11 is 0. The van der Waals surface area contributed by atoms with Crippen molar-refractivity contribution in [3.63, 3.8) is 0 Å². The van der Waals surface area contributed by atoms with Gasteiger partial charge in [0.05, 0.1) is 6.42 Å². The van der Waals surface area contributed by atoms with Crippen molar-refractivity contribution >= 4 is 11.9 Å². The third-order valence-corrected chi connectivity index (χ3v) is 3.35. The molecular formula is C12H22N2O3. The first-order chi connectivity index (χ1) is 8.10. The Hall–Kier alpha value is -1.10. The minimum Gasteiger partial charge on any atom is -0.480 e. The molecule has 0 saturated carbocycles. The SMILES string of the molecule is CCN(CC)C(=O)CC(C(=O)O)N1CCCC1. The first kappa shape index (κ1) is 14.0. The topological polar surface area (TPSA) is 60.9 Å². The van der Waals surface area contributed by atoms with Gasteiger partial charge in [0.2, 0.25) is 5.91 Å². The van der Waals surface area contributed by atoms with Gasteiger partial charge in [-0.15, -0.1) is 0 Å². The maximum absolute atomic E-state index is 11.9. The van der Waals surface area contributed by atoms with Gasteiger partial charge in [0, 0.05) is 13.1 Å². The van der Waals surface area contributed by atoms with Crippen molar-refractivity contribution in [1.29, 1.82) is 0 Å². The number of carbonyl (C=O) groups excluding carboxylic acids is 1. The number of carboxylic acid groups (broad SMARTS) is 1. The van der Waals surface area contributed by atoms with Gasteiger partial charge in [-0.25, -0.2) is 0 Å². The predicted octanol–water partition coefficient (Wildman–Crippen LogP) is 0.794. The molecule has 0 spiro atoms. The average Bonchev–Trinajstić information content (AvgIpc) is 2.80. The van der Waals surface area contributed by atoms with Crippen LogP contribution in [-0.4, -0.2) is 59.0 Å². The fourth-order valence-corrected chi connectivity index (χ4v) is 2.30. The van der Waals surface area contributed by atoms with Crippen LogP contribution in [0.1, 0.15) is 33.1 Å². The summed E-state index contributed by atoms with van der Waals surface area (Å²) in [5.41, 5.74) is 0. The van der Waals surface area contributed by atoms with E-state index in [2.05, 4.69) is 0 Å². The highest BCUT2D eigenvalue weighted by atomic mass is 16.4. The summed E-state index contributed by atoms with van der Waals surface area (Å²) in [7, 11) is 0. The molecular weight excluding hydrogens is 220 g/mol. The number of hydrogen-bond donors (Lipinski definition) is 1. The minimum atomic E-state index is -0.882. The van der Waals surface area contributed by atoms with Gasteiger partial charge >= 0.3 is 5.97 Å². The second-order valence-electron chi connectivity index (χ2n) is 4.37. The lowest BCUT2D eigenvalue weighted by Gasteiger charge is -2.26. The van der Waals surface area contributed by atoms with Gasteiger partial charge in [0.1, 0.15) is 6.04 Å². The van der Waals surface area contributed by atoms with Crippen molar-refractivity contribution in [2.75, 3.05) is 26.2 Å². The van der Waals surface area contributed by atoms with Crippen molar-refractivity contribution in [1.82, 2.24) is 9.80 Å².